The molecule has 11 aromatic rings. The molecule has 0 unspecified atom stereocenters. The van der Waals surface area contributed by atoms with Gasteiger partial charge < -0.3 is 0 Å². The Hall–Kier alpha value is -7.08. The highest BCUT2D eigenvalue weighted by molar-refractivity contribution is 7.26. The summed E-state index contributed by atoms with van der Waals surface area (Å²) in [5.74, 6) is 1.91. The van der Waals surface area contributed by atoms with Gasteiger partial charge in [0.25, 0.3) is 0 Å². The number of aromatic nitrogens is 4. The lowest BCUT2D eigenvalue weighted by molar-refractivity contribution is 1.07. The summed E-state index contributed by atoms with van der Waals surface area (Å²) in [5, 5.41) is 8.51. The number of hydrogen-bond donors (Lipinski definition) is 0. The maximum atomic E-state index is 5.63. The number of pyridine rings is 1. The van der Waals surface area contributed by atoms with Gasteiger partial charge in [-0.15, -0.1) is 11.3 Å². The summed E-state index contributed by atoms with van der Waals surface area (Å²) in [6.07, 6.45) is 0. The molecule has 0 spiro atoms. The Morgan fingerprint density at radius 3 is 1.56 bits per heavy atom. The minimum Gasteiger partial charge on any atom is -0.246 e. The van der Waals surface area contributed by atoms with Crippen LogP contribution in [0.4, 0.5) is 0 Å². The average molecular weight is 719 g/mol. The zero-order valence-corrected chi connectivity index (χ0v) is 30.3. The maximum Gasteiger partial charge on any atom is 0.164 e. The number of benzene rings is 8. The molecule has 3 aromatic heterocycles. The first-order valence-electron chi connectivity index (χ1n) is 18.4. The minimum absolute atomic E-state index is 0.627. The third kappa shape index (κ3) is 5.28. The standard InChI is InChI=1S/C50H30N4S/c1-3-14-32(15-4-1)48-52-49(33-16-5-2-6-17-33)54-50(53-48)34-28-26-31(27-29-34)45-44-40-22-11-12-25-43(40)55-47(44)41-24-13-23-39(46(41)51-45)42-30-35-18-7-8-19-36(35)37-20-9-10-21-38(37)42/h1-30H. The predicted octanol–water partition coefficient (Wildman–Crippen LogP) is 13.4. The molecular weight excluding hydrogens is 689 g/mol. The zero-order valence-electron chi connectivity index (χ0n) is 29.5. The molecule has 0 saturated carbocycles. The van der Waals surface area contributed by atoms with Crippen molar-refractivity contribution in [2.75, 3.05) is 0 Å². The van der Waals surface area contributed by atoms with Gasteiger partial charge >= 0.3 is 0 Å². The molecule has 3 heterocycles. The lowest BCUT2D eigenvalue weighted by atomic mass is 9.91. The molecule has 256 valence electrons. The van der Waals surface area contributed by atoms with Gasteiger partial charge in [0, 0.05) is 53.4 Å². The van der Waals surface area contributed by atoms with Gasteiger partial charge in [-0.2, -0.15) is 0 Å². The van der Waals surface area contributed by atoms with Crippen LogP contribution < -0.4 is 0 Å². The van der Waals surface area contributed by atoms with Crippen molar-refractivity contribution >= 4 is 64.0 Å². The molecule has 5 heteroatoms. The van der Waals surface area contributed by atoms with E-state index in [1.54, 1.807) is 0 Å². The Morgan fingerprint density at radius 2 is 0.873 bits per heavy atom. The second-order valence-electron chi connectivity index (χ2n) is 13.8. The van der Waals surface area contributed by atoms with Crippen LogP contribution in [0.5, 0.6) is 0 Å². The van der Waals surface area contributed by atoms with E-state index in [-0.39, 0.29) is 0 Å². The number of para-hydroxylation sites is 1. The summed E-state index contributed by atoms with van der Waals surface area (Å²) in [6.45, 7) is 0. The van der Waals surface area contributed by atoms with Crippen molar-refractivity contribution in [2.24, 2.45) is 0 Å². The van der Waals surface area contributed by atoms with E-state index in [9.17, 15) is 0 Å². The van der Waals surface area contributed by atoms with Gasteiger partial charge in [0.05, 0.1) is 11.2 Å². The summed E-state index contributed by atoms with van der Waals surface area (Å²) in [6, 6.07) is 63.8. The topological polar surface area (TPSA) is 51.6 Å². The van der Waals surface area contributed by atoms with E-state index in [0.717, 1.165) is 39.0 Å². The smallest absolute Gasteiger partial charge is 0.164 e. The Bertz CT molecular complexity index is 3190. The highest BCUT2D eigenvalue weighted by Crippen LogP contribution is 2.46. The number of nitrogens with zero attached hydrogens (tertiary/aromatic N) is 4. The molecule has 0 radical (unpaired) electrons. The van der Waals surface area contributed by atoms with Gasteiger partial charge in [0.15, 0.2) is 17.5 Å². The highest BCUT2D eigenvalue weighted by atomic mass is 32.1. The van der Waals surface area contributed by atoms with E-state index < -0.39 is 0 Å². The van der Waals surface area contributed by atoms with Gasteiger partial charge in [-0.05, 0) is 39.2 Å². The first-order valence-corrected chi connectivity index (χ1v) is 19.2. The van der Waals surface area contributed by atoms with E-state index >= 15 is 0 Å². The fourth-order valence-corrected chi connectivity index (χ4v) is 9.13. The van der Waals surface area contributed by atoms with E-state index in [1.807, 2.05) is 72.0 Å². The first kappa shape index (κ1) is 31.4. The largest absolute Gasteiger partial charge is 0.246 e. The molecule has 11 rings (SSSR count). The monoisotopic (exact) mass is 718 g/mol. The van der Waals surface area contributed by atoms with E-state index in [2.05, 4.69) is 121 Å². The van der Waals surface area contributed by atoms with Gasteiger partial charge in [-0.25, -0.2) is 19.9 Å². The third-order valence-electron chi connectivity index (χ3n) is 10.5. The summed E-state index contributed by atoms with van der Waals surface area (Å²) >= 11 is 1.84. The summed E-state index contributed by atoms with van der Waals surface area (Å²) in [4.78, 5) is 20.5. The van der Waals surface area contributed by atoms with Crippen LogP contribution in [-0.4, -0.2) is 19.9 Å². The molecule has 0 aliphatic heterocycles. The van der Waals surface area contributed by atoms with Crippen molar-refractivity contribution in [1.82, 2.24) is 19.9 Å². The molecule has 0 N–H and O–H groups in total. The number of rotatable bonds is 5. The minimum atomic E-state index is 0.627. The molecule has 0 saturated heterocycles. The molecule has 8 aromatic carbocycles. The molecule has 0 fully saturated rings. The van der Waals surface area contributed by atoms with Crippen molar-refractivity contribution in [2.45, 2.75) is 0 Å². The van der Waals surface area contributed by atoms with Gasteiger partial charge in [-0.3, -0.25) is 0 Å². The summed E-state index contributed by atoms with van der Waals surface area (Å²) in [7, 11) is 0. The van der Waals surface area contributed by atoms with Crippen LogP contribution >= 0.6 is 11.3 Å². The fourth-order valence-electron chi connectivity index (χ4n) is 7.90. The maximum absolute atomic E-state index is 5.63. The molecule has 0 aliphatic carbocycles. The number of thiophene rings is 1. The Labute approximate surface area is 321 Å². The highest BCUT2D eigenvalue weighted by Gasteiger charge is 2.20. The van der Waals surface area contributed by atoms with E-state index in [0.29, 0.717) is 17.5 Å². The van der Waals surface area contributed by atoms with Crippen LogP contribution in [0, 0.1) is 0 Å². The molecule has 55 heavy (non-hydrogen) atoms. The second kappa shape index (κ2) is 12.8. The van der Waals surface area contributed by atoms with Crippen LogP contribution in [0.2, 0.25) is 0 Å². The summed E-state index contributed by atoms with van der Waals surface area (Å²) < 4.78 is 2.49. The van der Waals surface area contributed by atoms with Crippen LogP contribution in [0.15, 0.2) is 182 Å². The molecular formula is C50H30N4S. The van der Waals surface area contributed by atoms with Crippen molar-refractivity contribution in [1.29, 1.82) is 0 Å². The van der Waals surface area contributed by atoms with Crippen LogP contribution in [0.25, 0.3) is 109 Å². The van der Waals surface area contributed by atoms with E-state index in [4.69, 9.17) is 19.9 Å². The molecule has 0 atom stereocenters. The van der Waals surface area contributed by atoms with Crippen LogP contribution in [0.3, 0.4) is 0 Å². The third-order valence-corrected chi connectivity index (χ3v) is 11.7. The van der Waals surface area contributed by atoms with Gasteiger partial charge in [-0.1, -0.05) is 170 Å². The zero-order chi connectivity index (χ0) is 36.3. The Kier molecular flexibility index (Phi) is 7.32. The SMILES string of the molecule is c1ccc(-c2nc(-c3ccccc3)nc(-c3ccc(-c4nc5c(-c6cc7ccccc7c7ccccc67)cccc5c5sc6ccccc6c45)cc3)n2)cc1. The van der Waals surface area contributed by atoms with Crippen molar-refractivity contribution in [3.05, 3.63) is 182 Å². The van der Waals surface area contributed by atoms with Gasteiger partial charge in [0.2, 0.25) is 0 Å². The normalized spacial score (nSPS) is 11.6. The molecule has 0 aliphatic rings. The Balaban J connectivity index is 1.12. The fraction of sp³-hybridized carbons (Fsp3) is 0. The Morgan fingerprint density at radius 1 is 0.345 bits per heavy atom. The van der Waals surface area contributed by atoms with Crippen molar-refractivity contribution < 1.29 is 0 Å². The summed E-state index contributed by atoms with van der Waals surface area (Å²) in [5.41, 5.74) is 8.13. The lowest BCUT2D eigenvalue weighted by Crippen LogP contribution is -2.00. The number of hydrogen-bond acceptors (Lipinski definition) is 5. The molecule has 4 nitrogen and oxygen atoms in total. The molecule has 0 bridgehead atoms. The van der Waals surface area contributed by atoms with Crippen molar-refractivity contribution in [3.63, 3.8) is 0 Å². The van der Waals surface area contributed by atoms with Crippen LogP contribution in [0.1, 0.15) is 0 Å². The second-order valence-corrected chi connectivity index (χ2v) is 14.8. The number of fused-ring (bicyclic) bond motifs is 8. The first-order chi connectivity index (χ1) is 27.3. The average Bonchev–Trinajstić information content (AvgIpc) is 3.66. The quantitative estimate of drug-likeness (QED) is 0.166. The predicted molar refractivity (Wildman–Crippen MR) is 230 cm³/mol. The van der Waals surface area contributed by atoms with Gasteiger partial charge in [0.1, 0.15) is 0 Å². The lowest BCUT2D eigenvalue weighted by Gasteiger charge is -2.15. The van der Waals surface area contributed by atoms with E-state index in [1.165, 1.54) is 52.7 Å². The molecule has 0 amide bonds. The van der Waals surface area contributed by atoms with Crippen molar-refractivity contribution in [3.8, 4) is 56.5 Å². The van der Waals surface area contributed by atoms with Crippen LogP contribution in [-0.2, 0) is 0 Å².